The summed E-state index contributed by atoms with van der Waals surface area (Å²) in [6, 6.07) is -0.000896. The fourth-order valence-electron chi connectivity index (χ4n) is 3.75. The van der Waals surface area contributed by atoms with Crippen LogP contribution in [0.15, 0.2) is 0 Å². The van der Waals surface area contributed by atoms with E-state index in [-0.39, 0.29) is 18.1 Å². The minimum atomic E-state index is -0.000896. The summed E-state index contributed by atoms with van der Waals surface area (Å²) in [7, 11) is 0. The maximum absolute atomic E-state index is 12.7. The summed E-state index contributed by atoms with van der Waals surface area (Å²) in [5.74, 6) is 2.09. The lowest BCUT2D eigenvalue weighted by atomic mass is 10.0. The Balaban J connectivity index is 1.56. The molecular formula is C17H30N2O2. The second-order valence-electron chi connectivity index (χ2n) is 7.43. The lowest BCUT2D eigenvalue weighted by Gasteiger charge is -2.29. The normalized spacial score (nSPS) is 30.8. The van der Waals surface area contributed by atoms with Crippen molar-refractivity contribution in [2.45, 2.75) is 64.6 Å². The second kappa shape index (κ2) is 6.66. The molecule has 2 aliphatic carbocycles. The molecule has 0 radical (unpaired) electrons. The highest BCUT2D eigenvalue weighted by molar-refractivity contribution is 5.84. The van der Waals surface area contributed by atoms with Crippen molar-refractivity contribution in [3.63, 3.8) is 0 Å². The van der Waals surface area contributed by atoms with Crippen molar-refractivity contribution >= 4 is 5.91 Å². The molecule has 3 aliphatic rings. The van der Waals surface area contributed by atoms with E-state index in [1.807, 2.05) is 0 Å². The third-order valence-corrected chi connectivity index (χ3v) is 5.28. The Labute approximate surface area is 128 Å². The van der Waals surface area contributed by atoms with Gasteiger partial charge in [0.1, 0.15) is 0 Å². The van der Waals surface area contributed by atoms with E-state index in [4.69, 9.17) is 4.74 Å². The van der Waals surface area contributed by atoms with E-state index in [1.54, 1.807) is 0 Å². The zero-order valence-electron chi connectivity index (χ0n) is 13.5. The molecule has 120 valence electrons. The van der Waals surface area contributed by atoms with Crippen LogP contribution in [0, 0.1) is 17.8 Å². The molecule has 2 atom stereocenters. The lowest BCUT2D eigenvalue weighted by molar-refractivity contribution is -0.132. The first-order chi connectivity index (χ1) is 10.2. The van der Waals surface area contributed by atoms with Gasteiger partial charge in [-0.25, -0.2) is 0 Å². The molecule has 1 heterocycles. The van der Waals surface area contributed by atoms with Crippen molar-refractivity contribution in [3.05, 3.63) is 0 Å². The Morgan fingerprint density at radius 1 is 1.24 bits per heavy atom. The molecule has 0 aromatic carbocycles. The Hall–Kier alpha value is -0.610. The van der Waals surface area contributed by atoms with Crippen molar-refractivity contribution in [2.24, 2.45) is 17.8 Å². The number of amides is 1. The van der Waals surface area contributed by atoms with E-state index in [2.05, 4.69) is 24.1 Å². The average molecular weight is 294 g/mol. The Morgan fingerprint density at radius 3 is 2.57 bits per heavy atom. The van der Waals surface area contributed by atoms with Crippen molar-refractivity contribution in [1.82, 2.24) is 10.2 Å². The molecule has 0 bridgehead atoms. The molecule has 1 saturated heterocycles. The standard InChI is InChI=1S/C17H30N2O2/c1-12(2)15-17(20)19(9-10-21-11-13-7-8-13)16(18-15)14-5-3-4-6-14/h12-16,18H,3-11H2,1-2H3. The van der Waals surface area contributed by atoms with Crippen LogP contribution in [0.2, 0.25) is 0 Å². The summed E-state index contributed by atoms with van der Waals surface area (Å²) >= 11 is 0. The van der Waals surface area contributed by atoms with Gasteiger partial charge >= 0.3 is 0 Å². The van der Waals surface area contributed by atoms with E-state index in [0.29, 0.717) is 18.4 Å². The molecule has 3 fully saturated rings. The van der Waals surface area contributed by atoms with Crippen LogP contribution in [0.1, 0.15) is 52.4 Å². The summed E-state index contributed by atoms with van der Waals surface area (Å²) in [5.41, 5.74) is 0. The van der Waals surface area contributed by atoms with Gasteiger partial charge < -0.3 is 9.64 Å². The highest BCUT2D eigenvalue weighted by Crippen LogP contribution is 2.33. The van der Waals surface area contributed by atoms with Gasteiger partial charge in [-0.15, -0.1) is 0 Å². The van der Waals surface area contributed by atoms with Crippen molar-refractivity contribution in [1.29, 1.82) is 0 Å². The van der Waals surface area contributed by atoms with Gasteiger partial charge in [0.15, 0.2) is 0 Å². The van der Waals surface area contributed by atoms with E-state index in [9.17, 15) is 4.79 Å². The highest BCUT2D eigenvalue weighted by atomic mass is 16.5. The first-order valence-corrected chi connectivity index (χ1v) is 8.81. The number of nitrogens with one attached hydrogen (secondary N) is 1. The highest BCUT2D eigenvalue weighted by Gasteiger charge is 2.43. The molecule has 2 saturated carbocycles. The van der Waals surface area contributed by atoms with Gasteiger partial charge in [0.2, 0.25) is 5.91 Å². The molecule has 1 aliphatic heterocycles. The molecular weight excluding hydrogens is 264 g/mol. The molecule has 4 heteroatoms. The third kappa shape index (κ3) is 3.59. The Kier molecular flexibility index (Phi) is 4.85. The maximum Gasteiger partial charge on any atom is 0.241 e. The van der Waals surface area contributed by atoms with E-state index < -0.39 is 0 Å². The molecule has 0 spiro atoms. The van der Waals surface area contributed by atoms with Gasteiger partial charge in [0, 0.05) is 13.2 Å². The SMILES string of the molecule is CC(C)C1NC(C2CCCC2)N(CCOCC2CC2)C1=O. The van der Waals surface area contributed by atoms with Crippen LogP contribution in [0.4, 0.5) is 0 Å². The fourth-order valence-corrected chi connectivity index (χ4v) is 3.75. The quantitative estimate of drug-likeness (QED) is 0.733. The van der Waals surface area contributed by atoms with Crippen LogP contribution in [0.25, 0.3) is 0 Å². The van der Waals surface area contributed by atoms with Crippen LogP contribution >= 0.6 is 0 Å². The molecule has 3 rings (SSSR count). The minimum absolute atomic E-state index is 0.000896. The van der Waals surface area contributed by atoms with Gasteiger partial charge in [-0.3, -0.25) is 10.1 Å². The number of rotatable bonds is 7. The molecule has 21 heavy (non-hydrogen) atoms. The van der Waals surface area contributed by atoms with Crippen LogP contribution in [-0.4, -0.2) is 42.8 Å². The number of hydrogen-bond donors (Lipinski definition) is 1. The van der Waals surface area contributed by atoms with Crippen LogP contribution in [0.5, 0.6) is 0 Å². The third-order valence-electron chi connectivity index (χ3n) is 5.28. The summed E-state index contributed by atoms with van der Waals surface area (Å²) < 4.78 is 5.75. The first-order valence-electron chi connectivity index (χ1n) is 8.81. The second-order valence-corrected chi connectivity index (χ2v) is 7.43. The molecule has 4 nitrogen and oxygen atoms in total. The number of ether oxygens (including phenoxy) is 1. The van der Waals surface area contributed by atoms with E-state index in [1.165, 1.54) is 38.5 Å². The molecule has 0 aromatic heterocycles. The molecule has 0 aromatic rings. The monoisotopic (exact) mass is 294 g/mol. The summed E-state index contributed by atoms with van der Waals surface area (Å²) in [6.45, 7) is 6.60. The maximum atomic E-state index is 12.7. The van der Waals surface area contributed by atoms with Crippen LogP contribution < -0.4 is 5.32 Å². The Morgan fingerprint density at radius 2 is 1.95 bits per heavy atom. The van der Waals surface area contributed by atoms with E-state index in [0.717, 1.165) is 19.1 Å². The van der Waals surface area contributed by atoms with E-state index >= 15 is 0 Å². The summed E-state index contributed by atoms with van der Waals surface area (Å²) in [5, 5.41) is 3.62. The predicted molar refractivity (Wildman–Crippen MR) is 82.8 cm³/mol. The smallest absolute Gasteiger partial charge is 0.241 e. The number of nitrogens with zero attached hydrogens (tertiary/aromatic N) is 1. The molecule has 2 unspecified atom stereocenters. The Bertz CT molecular complexity index is 362. The largest absolute Gasteiger partial charge is 0.379 e. The van der Waals surface area contributed by atoms with Gasteiger partial charge in [-0.2, -0.15) is 0 Å². The van der Waals surface area contributed by atoms with Crippen molar-refractivity contribution in [3.8, 4) is 0 Å². The van der Waals surface area contributed by atoms with Gasteiger partial charge in [-0.1, -0.05) is 26.7 Å². The lowest BCUT2D eigenvalue weighted by Crippen LogP contribution is -2.44. The number of carbonyl (C=O) groups excluding carboxylic acids is 1. The number of hydrogen-bond acceptors (Lipinski definition) is 3. The van der Waals surface area contributed by atoms with Gasteiger partial charge in [0.05, 0.1) is 18.8 Å². The first kappa shape index (κ1) is 15.3. The average Bonchev–Trinajstić information content (AvgIpc) is 2.99. The fraction of sp³-hybridized carbons (Fsp3) is 0.941. The predicted octanol–water partition coefficient (Wildman–Crippen LogP) is 2.39. The zero-order valence-corrected chi connectivity index (χ0v) is 13.5. The summed E-state index contributed by atoms with van der Waals surface area (Å²) in [4.78, 5) is 14.7. The topological polar surface area (TPSA) is 41.6 Å². The minimum Gasteiger partial charge on any atom is -0.379 e. The summed E-state index contributed by atoms with van der Waals surface area (Å²) in [6.07, 6.45) is 8.04. The van der Waals surface area contributed by atoms with Gasteiger partial charge in [-0.05, 0) is 43.4 Å². The van der Waals surface area contributed by atoms with Gasteiger partial charge in [0.25, 0.3) is 0 Å². The number of carbonyl (C=O) groups is 1. The molecule has 1 N–H and O–H groups in total. The van der Waals surface area contributed by atoms with Crippen molar-refractivity contribution in [2.75, 3.05) is 19.8 Å². The van der Waals surface area contributed by atoms with Crippen molar-refractivity contribution < 1.29 is 9.53 Å². The molecule has 1 amide bonds. The zero-order chi connectivity index (χ0) is 14.8. The van der Waals surface area contributed by atoms with Crippen LogP contribution in [0.3, 0.4) is 0 Å². The van der Waals surface area contributed by atoms with Crippen LogP contribution in [-0.2, 0) is 9.53 Å².